The molecule has 1 aromatic carbocycles. The van der Waals surface area contributed by atoms with Gasteiger partial charge in [0.15, 0.2) is 0 Å². The Morgan fingerprint density at radius 1 is 1.35 bits per heavy atom. The molecule has 0 amide bonds. The minimum atomic E-state index is 0.210. The van der Waals surface area contributed by atoms with Gasteiger partial charge >= 0.3 is 0 Å². The van der Waals surface area contributed by atoms with E-state index in [1.54, 1.807) is 6.20 Å². The summed E-state index contributed by atoms with van der Waals surface area (Å²) in [4.78, 5) is 8.62. The highest BCUT2D eigenvalue weighted by Crippen LogP contribution is 2.28. The zero-order valence-electron chi connectivity index (χ0n) is 11.0. The van der Waals surface area contributed by atoms with Crippen molar-refractivity contribution in [2.45, 2.75) is 25.4 Å². The van der Waals surface area contributed by atoms with Crippen molar-refractivity contribution in [2.24, 2.45) is 0 Å². The maximum atomic E-state index is 6.21. The highest BCUT2D eigenvalue weighted by atomic mass is 35.5. The fraction of sp³-hybridized carbons (Fsp3) is 0.286. The van der Waals surface area contributed by atoms with E-state index in [4.69, 9.17) is 23.2 Å². The molecule has 1 atom stereocenters. The molecule has 0 saturated heterocycles. The van der Waals surface area contributed by atoms with Crippen LogP contribution >= 0.6 is 23.2 Å². The van der Waals surface area contributed by atoms with Gasteiger partial charge < -0.3 is 9.13 Å². The van der Waals surface area contributed by atoms with Crippen molar-refractivity contribution >= 4 is 34.2 Å². The summed E-state index contributed by atoms with van der Waals surface area (Å²) < 4.78 is 4.19. The van der Waals surface area contributed by atoms with Crippen LogP contribution in [-0.2, 0) is 12.4 Å². The van der Waals surface area contributed by atoms with Gasteiger partial charge in [-0.1, -0.05) is 17.7 Å². The second-order valence-electron chi connectivity index (χ2n) is 4.75. The van der Waals surface area contributed by atoms with E-state index in [9.17, 15) is 0 Å². The molecule has 0 aliphatic heterocycles. The fourth-order valence-electron chi connectivity index (χ4n) is 2.50. The van der Waals surface area contributed by atoms with Gasteiger partial charge in [0, 0.05) is 18.9 Å². The van der Waals surface area contributed by atoms with Gasteiger partial charge in [-0.3, -0.25) is 0 Å². The Morgan fingerprint density at radius 2 is 2.20 bits per heavy atom. The van der Waals surface area contributed by atoms with Crippen LogP contribution in [0.1, 0.15) is 18.8 Å². The van der Waals surface area contributed by atoms with Gasteiger partial charge in [-0.25, -0.2) is 9.97 Å². The summed E-state index contributed by atoms with van der Waals surface area (Å²) in [5.41, 5.74) is 1.82. The molecule has 20 heavy (non-hydrogen) atoms. The number of benzene rings is 1. The molecule has 0 fully saturated rings. The Hall–Kier alpha value is -1.52. The third kappa shape index (κ3) is 2.30. The number of fused-ring (bicyclic) bond motifs is 1. The number of imidazole rings is 2. The first kappa shape index (κ1) is 13.5. The first-order chi connectivity index (χ1) is 9.70. The van der Waals surface area contributed by atoms with E-state index in [0.717, 1.165) is 23.4 Å². The van der Waals surface area contributed by atoms with E-state index in [0.29, 0.717) is 10.9 Å². The van der Waals surface area contributed by atoms with E-state index >= 15 is 0 Å². The lowest BCUT2D eigenvalue weighted by Gasteiger charge is -2.17. The first-order valence-electron chi connectivity index (χ1n) is 6.37. The fourth-order valence-corrected chi connectivity index (χ4v) is 2.90. The van der Waals surface area contributed by atoms with E-state index in [-0.39, 0.29) is 6.04 Å². The van der Waals surface area contributed by atoms with E-state index in [1.165, 1.54) is 0 Å². The van der Waals surface area contributed by atoms with Gasteiger partial charge in [-0.05, 0) is 19.1 Å². The van der Waals surface area contributed by atoms with Crippen molar-refractivity contribution < 1.29 is 0 Å². The lowest BCUT2D eigenvalue weighted by atomic mass is 10.2. The molecular formula is C14H14Cl2N4. The molecule has 0 aliphatic carbocycles. The summed E-state index contributed by atoms with van der Waals surface area (Å²) in [6.07, 6.45) is 5.53. The molecule has 0 aliphatic rings. The molecule has 6 heteroatoms. The standard InChI is InChI=1S/C14H14Cl2N4/c1-10(8-19-6-5-17-9-19)20-12-4-2-3-11(16)14(12)18-13(20)7-15/h2-6,9-10H,7-8H2,1H3. The van der Waals surface area contributed by atoms with Crippen LogP contribution in [0.15, 0.2) is 36.9 Å². The van der Waals surface area contributed by atoms with Crippen molar-refractivity contribution in [3.05, 3.63) is 47.8 Å². The monoisotopic (exact) mass is 308 g/mol. The molecular weight excluding hydrogens is 295 g/mol. The molecule has 0 N–H and O–H groups in total. The number of hydrogen-bond donors (Lipinski definition) is 0. The van der Waals surface area contributed by atoms with Crippen LogP contribution in [0.3, 0.4) is 0 Å². The van der Waals surface area contributed by atoms with Crippen LogP contribution in [0.4, 0.5) is 0 Å². The van der Waals surface area contributed by atoms with Gasteiger partial charge in [0.2, 0.25) is 0 Å². The largest absolute Gasteiger partial charge is 0.335 e. The Kier molecular flexibility index (Phi) is 3.68. The number of hydrogen-bond acceptors (Lipinski definition) is 2. The number of rotatable bonds is 4. The molecule has 1 unspecified atom stereocenters. The molecule has 0 radical (unpaired) electrons. The van der Waals surface area contributed by atoms with Gasteiger partial charge in [0.1, 0.15) is 11.3 Å². The van der Waals surface area contributed by atoms with Gasteiger partial charge in [0.05, 0.1) is 28.8 Å². The number of alkyl halides is 1. The van der Waals surface area contributed by atoms with Gasteiger partial charge in [-0.15, -0.1) is 11.6 Å². The lowest BCUT2D eigenvalue weighted by Crippen LogP contribution is -2.14. The van der Waals surface area contributed by atoms with Crippen molar-refractivity contribution in [1.82, 2.24) is 19.1 Å². The Bertz CT molecular complexity index is 718. The first-order valence-corrected chi connectivity index (χ1v) is 7.29. The highest BCUT2D eigenvalue weighted by Gasteiger charge is 2.17. The number of aromatic nitrogens is 4. The van der Waals surface area contributed by atoms with Gasteiger partial charge in [0.25, 0.3) is 0 Å². The molecule has 0 spiro atoms. The van der Waals surface area contributed by atoms with E-state index < -0.39 is 0 Å². The third-order valence-electron chi connectivity index (χ3n) is 3.34. The van der Waals surface area contributed by atoms with Crippen LogP contribution < -0.4 is 0 Å². The van der Waals surface area contributed by atoms with Crippen molar-refractivity contribution in [3.8, 4) is 0 Å². The van der Waals surface area contributed by atoms with Crippen LogP contribution in [0.5, 0.6) is 0 Å². The summed E-state index contributed by atoms with van der Waals surface area (Å²) in [7, 11) is 0. The molecule has 104 valence electrons. The van der Waals surface area contributed by atoms with E-state index in [1.807, 2.05) is 35.3 Å². The van der Waals surface area contributed by atoms with Crippen LogP contribution in [0.25, 0.3) is 11.0 Å². The third-order valence-corrected chi connectivity index (χ3v) is 3.88. The minimum Gasteiger partial charge on any atom is -0.335 e. The lowest BCUT2D eigenvalue weighted by molar-refractivity contribution is 0.464. The maximum Gasteiger partial charge on any atom is 0.125 e. The van der Waals surface area contributed by atoms with Crippen molar-refractivity contribution in [2.75, 3.05) is 0 Å². The molecule has 0 bridgehead atoms. The number of nitrogens with zero attached hydrogens (tertiary/aromatic N) is 4. The predicted octanol–water partition coefficient (Wildman–Crippen LogP) is 3.89. The summed E-state index contributed by atoms with van der Waals surface area (Å²) in [6.45, 7) is 2.94. The second-order valence-corrected chi connectivity index (χ2v) is 5.42. The Labute approximate surface area is 127 Å². The van der Waals surface area contributed by atoms with Crippen LogP contribution in [0.2, 0.25) is 5.02 Å². The quantitative estimate of drug-likeness (QED) is 0.686. The topological polar surface area (TPSA) is 35.6 Å². The Balaban J connectivity index is 2.07. The zero-order chi connectivity index (χ0) is 14.1. The normalized spacial score (nSPS) is 12.9. The number of halogens is 2. The van der Waals surface area contributed by atoms with Gasteiger partial charge in [-0.2, -0.15) is 0 Å². The summed E-state index contributed by atoms with van der Waals surface area (Å²) in [5, 5.41) is 0.655. The zero-order valence-corrected chi connectivity index (χ0v) is 12.5. The molecule has 4 nitrogen and oxygen atoms in total. The average molecular weight is 309 g/mol. The van der Waals surface area contributed by atoms with Crippen LogP contribution in [0, 0.1) is 0 Å². The molecule has 2 aromatic heterocycles. The maximum absolute atomic E-state index is 6.21. The minimum absolute atomic E-state index is 0.210. The summed E-state index contributed by atoms with van der Waals surface area (Å²) in [6, 6.07) is 6.01. The number of para-hydroxylation sites is 1. The molecule has 3 aromatic rings. The molecule has 0 saturated carbocycles. The smallest absolute Gasteiger partial charge is 0.125 e. The van der Waals surface area contributed by atoms with Crippen LogP contribution in [-0.4, -0.2) is 19.1 Å². The second kappa shape index (κ2) is 5.46. The predicted molar refractivity (Wildman–Crippen MR) is 81.2 cm³/mol. The van der Waals surface area contributed by atoms with Crippen molar-refractivity contribution in [3.63, 3.8) is 0 Å². The average Bonchev–Trinajstić information content (AvgIpc) is 3.05. The molecule has 3 rings (SSSR count). The Morgan fingerprint density at radius 3 is 2.90 bits per heavy atom. The summed E-state index contributed by atoms with van der Waals surface area (Å²) in [5.74, 6) is 1.20. The van der Waals surface area contributed by atoms with Crippen molar-refractivity contribution in [1.29, 1.82) is 0 Å². The molecule has 2 heterocycles. The SMILES string of the molecule is CC(Cn1ccnc1)n1c(CCl)nc2c(Cl)cccc21. The summed E-state index contributed by atoms with van der Waals surface area (Å²) >= 11 is 12.2. The van der Waals surface area contributed by atoms with E-state index in [2.05, 4.69) is 21.5 Å². The highest BCUT2D eigenvalue weighted by molar-refractivity contribution is 6.35.